The summed E-state index contributed by atoms with van der Waals surface area (Å²) in [7, 11) is 0. The Kier molecular flexibility index (Phi) is 4.40. The summed E-state index contributed by atoms with van der Waals surface area (Å²) in [6.07, 6.45) is -2.83. The van der Waals surface area contributed by atoms with E-state index in [1.807, 2.05) is 0 Å². The zero-order chi connectivity index (χ0) is 19.4. The van der Waals surface area contributed by atoms with E-state index in [9.17, 15) is 19.5 Å². The van der Waals surface area contributed by atoms with Gasteiger partial charge in [-0.15, -0.1) is 0 Å². The van der Waals surface area contributed by atoms with Gasteiger partial charge in [0.05, 0.1) is 24.7 Å². The van der Waals surface area contributed by atoms with Crippen LogP contribution in [0.25, 0.3) is 0 Å². The molecule has 1 saturated carbocycles. The molecule has 1 N–H and O–H groups in total. The maximum Gasteiger partial charge on any atom is 0.334 e. The fraction of sp³-hybridized carbons (Fsp3) is 0.526. The van der Waals surface area contributed by atoms with Crippen molar-refractivity contribution in [1.82, 2.24) is 0 Å². The highest BCUT2D eigenvalue weighted by atomic mass is 16.6. The standard InChI is InChI=1S/C19H22O7/c1-8(2)17(22)26-16-15-12(10(4)18(23)25-15)14(21)13(9(3)6-20)19(16,5)11-7-24-11/h6,11-16,21H,1,3-4,7H2,2,5H3/t11-,12-,13+,14+,15+,16+,19-/m0/s1. The van der Waals surface area contributed by atoms with Gasteiger partial charge >= 0.3 is 11.9 Å². The van der Waals surface area contributed by atoms with E-state index in [-0.39, 0.29) is 22.8 Å². The van der Waals surface area contributed by atoms with Crippen molar-refractivity contribution in [2.45, 2.75) is 38.3 Å². The predicted octanol–water partition coefficient (Wildman–Crippen LogP) is 0.723. The van der Waals surface area contributed by atoms with Gasteiger partial charge < -0.3 is 19.3 Å². The van der Waals surface area contributed by atoms with E-state index >= 15 is 0 Å². The summed E-state index contributed by atoms with van der Waals surface area (Å²) < 4.78 is 16.5. The van der Waals surface area contributed by atoms with Gasteiger partial charge in [-0.25, -0.2) is 9.59 Å². The van der Waals surface area contributed by atoms with E-state index in [0.29, 0.717) is 12.9 Å². The van der Waals surface area contributed by atoms with Crippen molar-refractivity contribution >= 4 is 18.2 Å². The largest absolute Gasteiger partial charge is 0.454 e. The van der Waals surface area contributed by atoms with Gasteiger partial charge in [-0.3, -0.25) is 4.79 Å². The summed E-state index contributed by atoms with van der Waals surface area (Å²) in [5.74, 6) is -2.91. The fourth-order valence-electron chi connectivity index (χ4n) is 4.26. The third-order valence-electron chi connectivity index (χ3n) is 5.71. The minimum absolute atomic E-state index is 0.0846. The van der Waals surface area contributed by atoms with Crippen LogP contribution in [-0.4, -0.2) is 54.4 Å². The molecule has 1 aliphatic carbocycles. The molecule has 7 atom stereocenters. The number of rotatable bonds is 5. The van der Waals surface area contributed by atoms with Crippen LogP contribution in [0.1, 0.15) is 13.8 Å². The molecular formula is C19H22O7. The third-order valence-corrected chi connectivity index (χ3v) is 5.71. The van der Waals surface area contributed by atoms with E-state index in [4.69, 9.17) is 14.2 Å². The molecule has 3 aliphatic rings. The molecule has 7 nitrogen and oxygen atoms in total. The molecular weight excluding hydrogens is 340 g/mol. The Morgan fingerprint density at radius 1 is 1.42 bits per heavy atom. The zero-order valence-corrected chi connectivity index (χ0v) is 14.8. The van der Waals surface area contributed by atoms with E-state index in [1.165, 1.54) is 6.92 Å². The van der Waals surface area contributed by atoms with E-state index < -0.39 is 47.5 Å². The van der Waals surface area contributed by atoms with Crippen LogP contribution in [0.4, 0.5) is 0 Å². The van der Waals surface area contributed by atoms with Gasteiger partial charge in [0, 0.05) is 22.5 Å². The van der Waals surface area contributed by atoms with Gasteiger partial charge in [-0.1, -0.05) is 26.7 Å². The molecule has 0 spiro atoms. The average molecular weight is 362 g/mol. The molecule has 2 aliphatic heterocycles. The van der Waals surface area contributed by atoms with Crippen LogP contribution in [0.15, 0.2) is 36.5 Å². The first-order chi connectivity index (χ1) is 12.1. The lowest BCUT2D eigenvalue weighted by Gasteiger charge is -2.52. The molecule has 26 heavy (non-hydrogen) atoms. The molecule has 0 aromatic rings. The van der Waals surface area contributed by atoms with Crippen molar-refractivity contribution in [2.24, 2.45) is 17.3 Å². The Morgan fingerprint density at radius 2 is 2.04 bits per heavy atom. The first kappa shape index (κ1) is 18.5. The van der Waals surface area contributed by atoms with Gasteiger partial charge in [0.15, 0.2) is 0 Å². The lowest BCUT2D eigenvalue weighted by atomic mass is 9.56. The van der Waals surface area contributed by atoms with Gasteiger partial charge in [0.1, 0.15) is 18.5 Å². The Bertz CT molecular complexity index is 719. The fourth-order valence-corrected chi connectivity index (χ4v) is 4.26. The van der Waals surface area contributed by atoms with Crippen molar-refractivity contribution < 1.29 is 33.7 Å². The van der Waals surface area contributed by atoms with Crippen LogP contribution in [-0.2, 0) is 28.6 Å². The number of esters is 2. The maximum absolute atomic E-state index is 12.2. The van der Waals surface area contributed by atoms with Crippen LogP contribution in [0, 0.1) is 17.3 Å². The van der Waals surface area contributed by atoms with Crippen molar-refractivity contribution in [3.63, 3.8) is 0 Å². The average Bonchev–Trinajstić information content (AvgIpc) is 3.38. The molecule has 7 heteroatoms. The monoisotopic (exact) mass is 362 g/mol. The van der Waals surface area contributed by atoms with Crippen molar-refractivity contribution in [3.8, 4) is 0 Å². The summed E-state index contributed by atoms with van der Waals surface area (Å²) in [5, 5.41) is 11.0. The van der Waals surface area contributed by atoms with Crippen LogP contribution < -0.4 is 0 Å². The number of aliphatic hydroxyl groups excluding tert-OH is 1. The molecule has 2 saturated heterocycles. The second-order valence-electron chi connectivity index (χ2n) is 7.38. The van der Waals surface area contributed by atoms with Crippen LogP contribution in [0.5, 0.6) is 0 Å². The summed E-state index contributed by atoms with van der Waals surface area (Å²) in [6, 6.07) is 0. The number of aliphatic hydroxyl groups is 1. The van der Waals surface area contributed by atoms with E-state index in [1.54, 1.807) is 6.92 Å². The lowest BCUT2D eigenvalue weighted by molar-refractivity contribution is -0.202. The summed E-state index contributed by atoms with van der Waals surface area (Å²) in [5.41, 5.74) is -0.603. The third kappa shape index (κ3) is 2.54. The van der Waals surface area contributed by atoms with Gasteiger partial charge in [-0.2, -0.15) is 0 Å². The molecule has 0 aromatic carbocycles. The molecule has 3 fully saturated rings. The van der Waals surface area contributed by atoms with Crippen molar-refractivity contribution in [1.29, 1.82) is 0 Å². The van der Waals surface area contributed by atoms with Gasteiger partial charge in [0.25, 0.3) is 0 Å². The summed E-state index contributed by atoms with van der Waals surface area (Å²) in [6.45, 7) is 14.7. The first-order valence-electron chi connectivity index (χ1n) is 8.34. The number of hydrogen-bond donors (Lipinski definition) is 1. The zero-order valence-electron chi connectivity index (χ0n) is 14.8. The number of epoxide rings is 1. The number of aldehydes is 1. The Balaban J connectivity index is 2.12. The highest BCUT2D eigenvalue weighted by Crippen LogP contribution is 2.57. The highest BCUT2D eigenvalue weighted by molar-refractivity contribution is 5.92. The van der Waals surface area contributed by atoms with Gasteiger partial charge in [0.2, 0.25) is 0 Å². The highest BCUT2D eigenvalue weighted by Gasteiger charge is 2.68. The Hall–Kier alpha value is -2.25. The first-order valence-corrected chi connectivity index (χ1v) is 8.34. The normalized spacial score (nSPS) is 41.0. The number of hydrogen-bond acceptors (Lipinski definition) is 7. The second-order valence-corrected chi connectivity index (χ2v) is 7.38. The molecule has 0 amide bonds. The van der Waals surface area contributed by atoms with Crippen molar-refractivity contribution in [2.75, 3.05) is 6.61 Å². The number of ether oxygens (including phenoxy) is 3. The van der Waals surface area contributed by atoms with Gasteiger partial charge in [-0.05, 0) is 12.5 Å². The smallest absolute Gasteiger partial charge is 0.334 e. The molecule has 2 heterocycles. The summed E-state index contributed by atoms with van der Waals surface area (Å²) in [4.78, 5) is 35.8. The second kappa shape index (κ2) is 6.17. The number of fused-ring (bicyclic) bond motifs is 1. The SMILES string of the molecule is C=C(C)C(=O)O[C@@H]1[C@@H]2OC(=O)C(=C)[C@H]2[C@@H](O)[C@@H](C(=C)C=O)[C@]1(C)[C@@H]1CO1. The molecule has 0 bridgehead atoms. The van der Waals surface area contributed by atoms with Crippen LogP contribution in [0.2, 0.25) is 0 Å². The number of carbonyl (C=O) groups excluding carboxylic acids is 3. The lowest BCUT2D eigenvalue weighted by Crippen LogP contribution is -2.63. The van der Waals surface area contributed by atoms with E-state index in [2.05, 4.69) is 19.7 Å². The minimum Gasteiger partial charge on any atom is -0.454 e. The molecule has 0 aromatic heterocycles. The predicted molar refractivity (Wildman–Crippen MR) is 89.8 cm³/mol. The maximum atomic E-state index is 12.2. The molecule has 3 rings (SSSR count). The van der Waals surface area contributed by atoms with E-state index in [0.717, 1.165) is 0 Å². The Morgan fingerprint density at radius 3 is 2.54 bits per heavy atom. The number of carbonyl (C=O) groups is 3. The minimum atomic E-state index is -1.15. The molecule has 0 unspecified atom stereocenters. The Labute approximate surface area is 151 Å². The van der Waals surface area contributed by atoms with Crippen molar-refractivity contribution in [3.05, 3.63) is 36.5 Å². The topological polar surface area (TPSA) is 102 Å². The van der Waals surface area contributed by atoms with Crippen LogP contribution in [0.3, 0.4) is 0 Å². The van der Waals surface area contributed by atoms with Crippen LogP contribution >= 0.6 is 0 Å². The summed E-state index contributed by atoms with van der Waals surface area (Å²) >= 11 is 0. The molecule has 0 radical (unpaired) electrons. The quantitative estimate of drug-likeness (QED) is 0.333. The molecule has 140 valence electrons.